The van der Waals surface area contributed by atoms with Crippen LogP contribution in [0.4, 0.5) is 0 Å². The molecule has 0 aromatic heterocycles. The van der Waals surface area contributed by atoms with Gasteiger partial charge in [0, 0.05) is 31.8 Å². The fraction of sp³-hybridized carbons (Fsp3) is 0.778. The highest BCUT2D eigenvalue weighted by molar-refractivity contribution is 6.07. The highest BCUT2D eigenvalue weighted by atomic mass is 16.8. The maximum atomic E-state index is 14.4. The van der Waals surface area contributed by atoms with E-state index >= 15 is 0 Å². The summed E-state index contributed by atoms with van der Waals surface area (Å²) in [5, 5.41) is 23.0. The summed E-state index contributed by atoms with van der Waals surface area (Å²) >= 11 is 0. The number of ether oxygens (including phenoxy) is 2. The Kier molecular flexibility index (Phi) is 4.84. The molecular formula is C27H39NO6. The SMILES string of the molecule is C=C1C(=O)[C@]23[C@H](C)[C@H]1CC[C@H]2[C@@]12CO[C@]3(OC(C)(C)O)[C@@H](O)[C@@H]1C(C)(C)C/C(=C/N(C)C)C2=O. The number of rotatable bonds is 3. The van der Waals surface area contributed by atoms with Gasteiger partial charge in [-0.1, -0.05) is 27.4 Å². The average Bonchev–Trinajstić information content (AvgIpc) is 2.80. The van der Waals surface area contributed by atoms with Gasteiger partial charge in [0.05, 0.1) is 17.4 Å². The molecule has 2 aliphatic heterocycles. The maximum Gasteiger partial charge on any atom is 0.211 e. The van der Waals surface area contributed by atoms with Crippen LogP contribution in [0.3, 0.4) is 0 Å². The molecule has 0 radical (unpaired) electrons. The zero-order valence-electron chi connectivity index (χ0n) is 21.5. The van der Waals surface area contributed by atoms with Crippen molar-refractivity contribution in [1.82, 2.24) is 4.90 Å². The van der Waals surface area contributed by atoms with Gasteiger partial charge in [-0.05, 0) is 61.9 Å². The Morgan fingerprint density at radius 3 is 2.44 bits per heavy atom. The standard InChI is InChI=1S/C27H39NO6/c1-14-17-9-10-18-25-13-33-27(34-24(5,6)32,26(18,15(17)2)20(14)29)22(31)19(25)23(3,4)11-16(21(25)30)12-28(7)8/h12,15,17-19,22,31-32H,1,9-11,13H2,2-8H3/b16-12-/t15-,17+,18+,19-,22+,25+,26+,27+/m1/s1. The molecule has 188 valence electrons. The lowest BCUT2D eigenvalue weighted by Gasteiger charge is -2.74. The van der Waals surface area contributed by atoms with Crippen LogP contribution < -0.4 is 0 Å². The molecule has 2 spiro atoms. The first kappa shape index (κ1) is 24.2. The Labute approximate surface area is 202 Å². The Bertz CT molecular complexity index is 1010. The van der Waals surface area contributed by atoms with Crippen LogP contribution in [-0.4, -0.2) is 65.1 Å². The second kappa shape index (κ2) is 6.81. The fourth-order valence-corrected chi connectivity index (χ4v) is 9.13. The monoisotopic (exact) mass is 473 g/mol. The van der Waals surface area contributed by atoms with Gasteiger partial charge in [0.15, 0.2) is 17.4 Å². The van der Waals surface area contributed by atoms with Crippen LogP contribution in [0.2, 0.25) is 0 Å². The molecule has 0 aromatic carbocycles. The summed E-state index contributed by atoms with van der Waals surface area (Å²) in [6.45, 7) is 13.3. The number of hydrogen-bond acceptors (Lipinski definition) is 7. The Morgan fingerprint density at radius 2 is 1.85 bits per heavy atom. The van der Waals surface area contributed by atoms with Crippen molar-refractivity contribution in [2.75, 3.05) is 20.7 Å². The van der Waals surface area contributed by atoms with E-state index in [2.05, 4.69) is 20.4 Å². The van der Waals surface area contributed by atoms with E-state index in [0.29, 0.717) is 24.0 Å². The number of fused-ring (bicyclic) bond motifs is 2. The summed E-state index contributed by atoms with van der Waals surface area (Å²) in [7, 11) is 3.79. The fourth-order valence-electron chi connectivity index (χ4n) is 9.13. The number of hydrogen-bond donors (Lipinski definition) is 2. The number of allylic oxidation sites excluding steroid dienone is 2. The number of carbonyl (C=O) groups is 2. The first-order chi connectivity index (χ1) is 15.6. The molecule has 2 heterocycles. The van der Waals surface area contributed by atoms with Crippen molar-refractivity contribution in [2.45, 2.75) is 71.6 Å². The molecule has 6 rings (SSSR count). The van der Waals surface area contributed by atoms with Crippen molar-refractivity contribution in [1.29, 1.82) is 0 Å². The number of nitrogens with zero attached hydrogens (tertiary/aromatic N) is 1. The van der Waals surface area contributed by atoms with Crippen LogP contribution in [0.5, 0.6) is 0 Å². The normalized spacial score (nSPS) is 48.2. The lowest BCUT2D eigenvalue weighted by atomic mass is 9.34. The van der Waals surface area contributed by atoms with E-state index in [0.717, 1.165) is 6.42 Å². The zero-order valence-corrected chi connectivity index (χ0v) is 21.5. The van der Waals surface area contributed by atoms with Gasteiger partial charge < -0.3 is 24.6 Å². The Hall–Kier alpha value is -1.54. The number of Topliss-reactive ketones (excluding diaryl/α,β-unsaturated/α-hetero) is 2. The molecule has 34 heavy (non-hydrogen) atoms. The van der Waals surface area contributed by atoms with Crippen molar-refractivity contribution in [3.05, 3.63) is 23.9 Å². The molecule has 2 saturated heterocycles. The number of aliphatic hydroxyl groups excluding tert-OH is 1. The second-order valence-electron chi connectivity index (χ2n) is 12.8. The van der Waals surface area contributed by atoms with Crippen molar-refractivity contribution < 1.29 is 29.3 Å². The van der Waals surface area contributed by atoms with E-state index in [9.17, 15) is 19.8 Å². The Balaban J connectivity index is 1.83. The molecule has 0 amide bonds. The van der Waals surface area contributed by atoms with Crippen LogP contribution in [-0.2, 0) is 19.1 Å². The van der Waals surface area contributed by atoms with Crippen LogP contribution in [0.1, 0.15) is 53.9 Å². The summed E-state index contributed by atoms with van der Waals surface area (Å²) in [5.74, 6) is -4.77. The van der Waals surface area contributed by atoms with Crippen LogP contribution >= 0.6 is 0 Å². The third-order valence-corrected chi connectivity index (χ3v) is 9.75. The number of ketones is 2. The Morgan fingerprint density at radius 1 is 1.21 bits per heavy atom. The van der Waals surface area contributed by atoms with Crippen LogP contribution in [0, 0.1) is 39.9 Å². The van der Waals surface area contributed by atoms with Crippen molar-refractivity contribution in [3.8, 4) is 0 Å². The summed E-state index contributed by atoms with van der Waals surface area (Å²) in [4.78, 5) is 30.5. The third-order valence-electron chi connectivity index (χ3n) is 9.75. The average molecular weight is 474 g/mol. The first-order valence-electron chi connectivity index (χ1n) is 12.5. The van der Waals surface area contributed by atoms with Gasteiger partial charge in [-0.25, -0.2) is 0 Å². The van der Waals surface area contributed by atoms with Gasteiger partial charge in [-0.3, -0.25) is 9.59 Å². The summed E-state index contributed by atoms with van der Waals surface area (Å²) in [5.41, 5.74) is -1.57. The molecule has 6 aliphatic rings. The molecule has 2 N–H and O–H groups in total. The highest BCUT2D eigenvalue weighted by Crippen LogP contribution is 2.78. The first-order valence-corrected chi connectivity index (χ1v) is 12.5. The zero-order chi connectivity index (χ0) is 25.2. The van der Waals surface area contributed by atoms with Crippen LogP contribution in [0.25, 0.3) is 0 Å². The maximum absolute atomic E-state index is 14.4. The summed E-state index contributed by atoms with van der Waals surface area (Å²) < 4.78 is 12.8. The third kappa shape index (κ3) is 2.52. The molecule has 4 saturated carbocycles. The van der Waals surface area contributed by atoms with Crippen molar-refractivity contribution in [2.24, 2.45) is 39.9 Å². The molecule has 8 atom stereocenters. The molecule has 0 unspecified atom stereocenters. The van der Waals surface area contributed by atoms with E-state index in [1.807, 2.05) is 32.1 Å². The minimum absolute atomic E-state index is 0.0264. The van der Waals surface area contributed by atoms with Gasteiger partial charge in [0.25, 0.3) is 0 Å². The summed E-state index contributed by atoms with van der Waals surface area (Å²) in [6, 6.07) is 0. The second-order valence-corrected chi connectivity index (χ2v) is 12.8. The number of aliphatic hydroxyl groups is 2. The van der Waals surface area contributed by atoms with Crippen molar-refractivity contribution >= 4 is 11.6 Å². The predicted octanol–water partition coefficient (Wildman–Crippen LogP) is 2.67. The molecule has 0 aromatic rings. The van der Waals surface area contributed by atoms with Gasteiger partial charge >= 0.3 is 0 Å². The minimum atomic E-state index is -1.75. The number of carbonyl (C=O) groups excluding carboxylic acids is 2. The lowest BCUT2D eigenvalue weighted by Crippen LogP contribution is -2.85. The summed E-state index contributed by atoms with van der Waals surface area (Å²) in [6.07, 6.45) is 2.54. The van der Waals surface area contributed by atoms with E-state index in [-0.39, 0.29) is 35.9 Å². The van der Waals surface area contributed by atoms with Gasteiger partial charge in [0.2, 0.25) is 5.79 Å². The molecule has 7 heteroatoms. The molecular weight excluding hydrogens is 434 g/mol. The quantitative estimate of drug-likeness (QED) is 0.481. The van der Waals surface area contributed by atoms with Gasteiger partial charge in [0.1, 0.15) is 6.10 Å². The molecule has 4 aliphatic carbocycles. The van der Waals surface area contributed by atoms with Crippen molar-refractivity contribution in [3.63, 3.8) is 0 Å². The lowest BCUT2D eigenvalue weighted by molar-refractivity contribution is -0.476. The minimum Gasteiger partial charge on any atom is -0.387 e. The molecule has 4 bridgehead atoms. The predicted molar refractivity (Wildman–Crippen MR) is 125 cm³/mol. The molecule has 6 fully saturated rings. The van der Waals surface area contributed by atoms with E-state index in [1.54, 1.807) is 0 Å². The van der Waals surface area contributed by atoms with Gasteiger partial charge in [-0.2, -0.15) is 0 Å². The van der Waals surface area contributed by atoms with E-state index in [1.165, 1.54) is 13.8 Å². The van der Waals surface area contributed by atoms with E-state index < -0.39 is 39.8 Å². The largest absolute Gasteiger partial charge is 0.387 e. The van der Waals surface area contributed by atoms with Crippen LogP contribution in [0.15, 0.2) is 23.9 Å². The van der Waals surface area contributed by atoms with E-state index in [4.69, 9.17) is 9.47 Å². The topological polar surface area (TPSA) is 96.3 Å². The molecule has 7 nitrogen and oxygen atoms in total. The smallest absolute Gasteiger partial charge is 0.211 e. The highest BCUT2D eigenvalue weighted by Gasteiger charge is 2.87. The van der Waals surface area contributed by atoms with Gasteiger partial charge in [-0.15, -0.1) is 0 Å².